The van der Waals surface area contributed by atoms with E-state index in [2.05, 4.69) is 17.1 Å². The monoisotopic (exact) mass is 217 g/mol. The van der Waals surface area contributed by atoms with Gasteiger partial charge in [-0.3, -0.25) is 0 Å². The van der Waals surface area contributed by atoms with Gasteiger partial charge >= 0.3 is 0 Å². The lowest BCUT2D eigenvalue weighted by molar-refractivity contribution is 1.47. The van der Waals surface area contributed by atoms with Gasteiger partial charge in [0.15, 0.2) is 0 Å². The number of H-pyrrole nitrogens is 1. The topological polar surface area (TPSA) is 63.4 Å². The number of nitrogens with zero attached hydrogens (tertiary/aromatic N) is 2. The molecule has 0 unspecified atom stereocenters. The minimum Gasteiger partial charge on any atom is -0.353 e. The van der Waals surface area contributed by atoms with Crippen LogP contribution in [-0.4, -0.2) is 4.98 Å². The van der Waals surface area contributed by atoms with Crippen molar-refractivity contribution in [3.63, 3.8) is 0 Å². The number of aromatic amines is 1. The van der Waals surface area contributed by atoms with Crippen LogP contribution in [0.5, 0.6) is 0 Å². The van der Waals surface area contributed by atoms with E-state index in [1.165, 1.54) is 0 Å². The SMILES string of the molecule is N#Cc1ccc2[nH]c3c(C#N)cccc3c2c1. The van der Waals surface area contributed by atoms with Gasteiger partial charge in [-0.2, -0.15) is 10.5 Å². The Morgan fingerprint density at radius 3 is 2.59 bits per heavy atom. The molecule has 3 heteroatoms. The molecular weight excluding hydrogens is 210 g/mol. The summed E-state index contributed by atoms with van der Waals surface area (Å²) in [6, 6.07) is 15.4. The number of aromatic nitrogens is 1. The van der Waals surface area contributed by atoms with Crippen molar-refractivity contribution in [2.75, 3.05) is 0 Å². The zero-order chi connectivity index (χ0) is 11.8. The fourth-order valence-electron chi connectivity index (χ4n) is 2.08. The molecule has 0 spiro atoms. The lowest BCUT2D eigenvalue weighted by Crippen LogP contribution is -1.75. The van der Waals surface area contributed by atoms with E-state index in [1.54, 1.807) is 12.1 Å². The van der Waals surface area contributed by atoms with Crippen LogP contribution in [0.15, 0.2) is 36.4 Å². The average molecular weight is 217 g/mol. The molecule has 17 heavy (non-hydrogen) atoms. The third-order valence-electron chi connectivity index (χ3n) is 2.88. The number of nitrogens with one attached hydrogen (secondary N) is 1. The molecule has 0 radical (unpaired) electrons. The summed E-state index contributed by atoms with van der Waals surface area (Å²) in [4.78, 5) is 3.22. The number of benzene rings is 2. The highest BCUT2D eigenvalue weighted by Crippen LogP contribution is 2.27. The minimum atomic E-state index is 0.622. The second-order valence-corrected chi connectivity index (χ2v) is 3.84. The number of fused-ring (bicyclic) bond motifs is 3. The van der Waals surface area contributed by atoms with E-state index in [9.17, 15) is 0 Å². The molecule has 78 valence electrons. The molecule has 3 nitrogen and oxygen atoms in total. The Kier molecular flexibility index (Phi) is 1.87. The van der Waals surface area contributed by atoms with Gasteiger partial charge in [-0.05, 0) is 24.3 Å². The zero-order valence-corrected chi connectivity index (χ0v) is 8.86. The van der Waals surface area contributed by atoms with E-state index in [0.29, 0.717) is 11.1 Å². The Morgan fingerprint density at radius 1 is 0.941 bits per heavy atom. The first-order valence-corrected chi connectivity index (χ1v) is 5.18. The second-order valence-electron chi connectivity index (χ2n) is 3.84. The van der Waals surface area contributed by atoms with E-state index in [-0.39, 0.29) is 0 Å². The summed E-state index contributed by atoms with van der Waals surface area (Å²) in [5, 5.41) is 19.9. The van der Waals surface area contributed by atoms with Gasteiger partial charge < -0.3 is 4.98 Å². The average Bonchev–Trinajstić information content (AvgIpc) is 2.76. The number of hydrogen-bond donors (Lipinski definition) is 1. The van der Waals surface area contributed by atoms with E-state index in [0.717, 1.165) is 21.8 Å². The summed E-state index contributed by atoms with van der Waals surface area (Å²) < 4.78 is 0. The molecule has 3 rings (SSSR count). The molecule has 0 atom stereocenters. The van der Waals surface area contributed by atoms with E-state index in [4.69, 9.17) is 10.5 Å². The fourth-order valence-corrected chi connectivity index (χ4v) is 2.08. The van der Waals surface area contributed by atoms with Crippen LogP contribution in [0.3, 0.4) is 0 Å². The number of para-hydroxylation sites is 1. The maximum Gasteiger partial charge on any atom is 0.101 e. The van der Waals surface area contributed by atoms with E-state index >= 15 is 0 Å². The van der Waals surface area contributed by atoms with Gasteiger partial charge in [-0.1, -0.05) is 12.1 Å². The number of rotatable bonds is 0. The standard InChI is InChI=1S/C14H7N3/c15-7-9-4-5-13-12(6-9)11-3-1-2-10(8-16)14(11)17-13/h1-6,17H. The first kappa shape index (κ1) is 9.45. The molecule has 0 aliphatic rings. The summed E-state index contributed by atoms with van der Waals surface area (Å²) >= 11 is 0. The van der Waals surface area contributed by atoms with E-state index in [1.807, 2.05) is 24.3 Å². The van der Waals surface area contributed by atoms with Crippen LogP contribution >= 0.6 is 0 Å². The first-order chi connectivity index (χ1) is 8.33. The lowest BCUT2D eigenvalue weighted by Gasteiger charge is -1.92. The summed E-state index contributed by atoms with van der Waals surface area (Å²) in [5.74, 6) is 0. The predicted octanol–water partition coefficient (Wildman–Crippen LogP) is 3.06. The van der Waals surface area contributed by atoms with Crippen molar-refractivity contribution >= 4 is 21.8 Å². The van der Waals surface area contributed by atoms with Crippen molar-refractivity contribution in [1.82, 2.24) is 4.98 Å². The van der Waals surface area contributed by atoms with Gasteiger partial charge in [0.25, 0.3) is 0 Å². The zero-order valence-electron chi connectivity index (χ0n) is 8.86. The largest absolute Gasteiger partial charge is 0.353 e. The molecule has 0 aliphatic carbocycles. The molecule has 1 N–H and O–H groups in total. The summed E-state index contributed by atoms with van der Waals surface area (Å²) in [7, 11) is 0. The predicted molar refractivity (Wildman–Crippen MR) is 65.2 cm³/mol. The Morgan fingerprint density at radius 2 is 1.82 bits per heavy atom. The van der Waals surface area contributed by atoms with Gasteiger partial charge in [0, 0.05) is 16.3 Å². The van der Waals surface area contributed by atoms with Gasteiger partial charge in [0.1, 0.15) is 6.07 Å². The van der Waals surface area contributed by atoms with Crippen LogP contribution in [-0.2, 0) is 0 Å². The van der Waals surface area contributed by atoms with Gasteiger partial charge in [-0.15, -0.1) is 0 Å². The summed E-state index contributed by atoms with van der Waals surface area (Å²) in [5.41, 5.74) is 3.03. The lowest BCUT2D eigenvalue weighted by atomic mass is 10.1. The summed E-state index contributed by atoms with van der Waals surface area (Å²) in [6.45, 7) is 0. The highest BCUT2D eigenvalue weighted by atomic mass is 14.7. The van der Waals surface area contributed by atoms with Crippen molar-refractivity contribution in [1.29, 1.82) is 10.5 Å². The van der Waals surface area contributed by atoms with Crippen LogP contribution in [0.2, 0.25) is 0 Å². The molecule has 0 saturated heterocycles. The molecule has 0 aliphatic heterocycles. The third kappa shape index (κ3) is 1.27. The number of hydrogen-bond acceptors (Lipinski definition) is 2. The molecule has 1 aromatic heterocycles. The molecule has 1 heterocycles. The van der Waals surface area contributed by atoms with Crippen molar-refractivity contribution in [3.05, 3.63) is 47.5 Å². The molecular formula is C14H7N3. The molecule has 0 saturated carbocycles. The smallest absolute Gasteiger partial charge is 0.101 e. The summed E-state index contributed by atoms with van der Waals surface area (Å²) in [6.07, 6.45) is 0. The van der Waals surface area contributed by atoms with Crippen molar-refractivity contribution in [3.8, 4) is 12.1 Å². The van der Waals surface area contributed by atoms with Crippen LogP contribution in [0.4, 0.5) is 0 Å². The van der Waals surface area contributed by atoms with Gasteiger partial charge in [0.2, 0.25) is 0 Å². The van der Waals surface area contributed by atoms with E-state index < -0.39 is 0 Å². The van der Waals surface area contributed by atoms with Crippen LogP contribution in [0.1, 0.15) is 11.1 Å². The Hall–Kier alpha value is -2.78. The second kappa shape index (κ2) is 3.37. The highest BCUT2D eigenvalue weighted by Gasteiger charge is 2.07. The maximum atomic E-state index is 9.04. The fraction of sp³-hybridized carbons (Fsp3) is 0. The van der Waals surface area contributed by atoms with Crippen molar-refractivity contribution in [2.24, 2.45) is 0 Å². The van der Waals surface area contributed by atoms with Crippen LogP contribution in [0, 0.1) is 22.7 Å². The Balaban J connectivity index is 2.53. The van der Waals surface area contributed by atoms with Gasteiger partial charge in [0.05, 0.1) is 22.7 Å². The quantitative estimate of drug-likeness (QED) is 0.629. The molecule has 0 fully saturated rings. The van der Waals surface area contributed by atoms with Crippen LogP contribution < -0.4 is 0 Å². The molecule has 3 aromatic rings. The normalized spacial score (nSPS) is 10.2. The van der Waals surface area contributed by atoms with Crippen LogP contribution in [0.25, 0.3) is 21.8 Å². The molecule has 0 amide bonds. The Labute approximate surface area is 97.5 Å². The van der Waals surface area contributed by atoms with Gasteiger partial charge in [-0.25, -0.2) is 0 Å². The molecule has 0 bridgehead atoms. The van der Waals surface area contributed by atoms with Crippen molar-refractivity contribution in [2.45, 2.75) is 0 Å². The first-order valence-electron chi connectivity index (χ1n) is 5.18. The Bertz CT molecular complexity index is 813. The molecule has 2 aromatic carbocycles. The highest BCUT2D eigenvalue weighted by molar-refractivity contribution is 6.09. The third-order valence-corrected chi connectivity index (χ3v) is 2.88. The number of nitriles is 2. The maximum absolute atomic E-state index is 9.04. The van der Waals surface area contributed by atoms with Crippen molar-refractivity contribution < 1.29 is 0 Å². The minimum absolute atomic E-state index is 0.622.